The van der Waals surface area contributed by atoms with Crippen molar-refractivity contribution in [2.45, 2.75) is 64.6 Å². The van der Waals surface area contributed by atoms with E-state index in [1.165, 1.54) is 0 Å². The predicted molar refractivity (Wildman–Crippen MR) is 86.2 cm³/mol. The van der Waals surface area contributed by atoms with Crippen LogP contribution < -0.4 is 5.32 Å². The fraction of sp³-hybridized carbons (Fsp3) is 1.00. The molecule has 2 aliphatic rings. The fourth-order valence-electron chi connectivity index (χ4n) is 3.68. The highest BCUT2D eigenvalue weighted by molar-refractivity contribution is 7.91. The summed E-state index contributed by atoms with van der Waals surface area (Å²) in [5.74, 6) is 1.49. The molecule has 0 aromatic rings. The van der Waals surface area contributed by atoms with Gasteiger partial charge in [0.25, 0.3) is 0 Å². The molecule has 2 fully saturated rings. The Hall–Kier alpha value is -0.130. The molecule has 124 valence electrons. The molecule has 2 aliphatic heterocycles. The van der Waals surface area contributed by atoms with Gasteiger partial charge in [-0.2, -0.15) is 0 Å². The molecule has 0 aliphatic carbocycles. The Morgan fingerprint density at radius 3 is 2.62 bits per heavy atom. The van der Waals surface area contributed by atoms with Crippen LogP contribution in [0, 0.1) is 11.8 Å². The van der Waals surface area contributed by atoms with Gasteiger partial charge < -0.3 is 10.1 Å². The van der Waals surface area contributed by atoms with Crippen molar-refractivity contribution in [3.63, 3.8) is 0 Å². The highest BCUT2D eigenvalue weighted by Gasteiger charge is 2.38. The molecule has 0 aromatic heterocycles. The second-order valence-corrected chi connectivity index (χ2v) is 9.63. The maximum Gasteiger partial charge on any atom is 0.150 e. The molecule has 3 atom stereocenters. The SMILES string of the molecule is CCCNCC(CC1CCC(C)(C)O1)C1CCS(=O)(=O)C1. The minimum absolute atomic E-state index is 0.00613. The van der Waals surface area contributed by atoms with Gasteiger partial charge in [0, 0.05) is 0 Å². The lowest BCUT2D eigenvalue weighted by molar-refractivity contribution is -0.0273. The first-order valence-electron chi connectivity index (χ1n) is 8.40. The number of ether oxygens (including phenoxy) is 1. The summed E-state index contributed by atoms with van der Waals surface area (Å²) in [5, 5.41) is 3.48. The summed E-state index contributed by atoms with van der Waals surface area (Å²) in [6.07, 6.45) is 5.46. The van der Waals surface area contributed by atoms with Crippen LogP contribution in [0.2, 0.25) is 0 Å². The van der Waals surface area contributed by atoms with Crippen LogP contribution in [-0.2, 0) is 14.6 Å². The molecule has 5 heteroatoms. The van der Waals surface area contributed by atoms with E-state index in [9.17, 15) is 8.42 Å². The van der Waals surface area contributed by atoms with Gasteiger partial charge in [0.1, 0.15) is 0 Å². The van der Waals surface area contributed by atoms with E-state index in [0.717, 1.165) is 45.2 Å². The lowest BCUT2D eigenvalue weighted by Crippen LogP contribution is -2.33. The topological polar surface area (TPSA) is 55.4 Å². The number of hydrogen-bond donors (Lipinski definition) is 1. The largest absolute Gasteiger partial charge is 0.372 e. The molecule has 0 bridgehead atoms. The summed E-state index contributed by atoms with van der Waals surface area (Å²) in [6, 6.07) is 0. The zero-order valence-electron chi connectivity index (χ0n) is 13.7. The first-order chi connectivity index (χ1) is 9.81. The number of nitrogens with one attached hydrogen (secondary N) is 1. The fourth-order valence-corrected chi connectivity index (χ4v) is 5.60. The van der Waals surface area contributed by atoms with E-state index in [1.807, 2.05) is 0 Å². The van der Waals surface area contributed by atoms with Crippen LogP contribution in [0.5, 0.6) is 0 Å². The van der Waals surface area contributed by atoms with Gasteiger partial charge in [-0.3, -0.25) is 0 Å². The van der Waals surface area contributed by atoms with E-state index in [0.29, 0.717) is 29.4 Å². The van der Waals surface area contributed by atoms with Crippen molar-refractivity contribution in [1.82, 2.24) is 5.32 Å². The van der Waals surface area contributed by atoms with Crippen molar-refractivity contribution in [3.8, 4) is 0 Å². The van der Waals surface area contributed by atoms with Crippen LogP contribution in [0.25, 0.3) is 0 Å². The number of sulfone groups is 1. The third kappa shape index (κ3) is 5.22. The van der Waals surface area contributed by atoms with Crippen LogP contribution in [0.15, 0.2) is 0 Å². The van der Waals surface area contributed by atoms with Crippen molar-refractivity contribution in [2.75, 3.05) is 24.6 Å². The molecule has 3 unspecified atom stereocenters. The minimum atomic E-state index is -2.80. The molecule has 1 N–H and O–H groups in total. The van der Waals surface area contributed by atoms with Crippen LogP contribution in [-0.4, -0.2) is 44.7 Å². The van der Waals surface area contributed by atoms with Crippen molar-refractivity contribution in [3.05, 3.63) is 0 Å². The smallest absolute Gasteiger partial charge is 0.150 e. The minimum Gasteiger partial charge on any atom is -0.372 e. The third-order valence-electron chi connectivity index (χ3n) is 4.89. The van der Waals surface area contributed by atoms with Crippen molar-refractivity contribution >= 4 is 9.84 Å². The van der Waals surface area contributed by atoms with E-state index in [1.54, 1.807) is 0 Å². The summed E-state index contributed by atoms with van der Waals surface area (Å²) in [4.78, 5) is 0. The van der Waals surface area contributed by atoms with E-state index in [2.05, 4.69) is 26.1 Å². The van der Waals surface area contributed by atoms with Gasteiger partial charge in [-0.15, -0.1) is 0 Å². The molecule has 0 amide bonds. The second kappa shape index (κ2) is 6.97. The Labute approximate surface area is 129 Å². The Morgan fingerprint density at radius 2 is 2.10 bits per heavy atom. The van der Waals surface area contributed by atoms with Gasteiger partial charge in [-0.1, -0.05) is 6.92 Å². The Kier molecular flexibility index (Phi) is 5.71. The monoisotopic (exact) mass is 317 g/mol. The predicted octanol–water partition coefficient (Wildman–Crippen LogP) is 2.38. The maximum atomic E-state index is 11.8. The van der Waals surface area contributed by atoms with Crippen LogP contribution >= 0.6 is 0 Å². The van der Waals surface area contributed by atoms with Gasteiger partial charge in [0.2, 0.25) is 0 Å². The zero-order valence-corrected chi connectivity index (χ0v) is 14.5. The average Bonchev–Trinajstić information content (AvgIpc) is 2.91. The summed E-state index contributed by atoms with van der Waals surface area (Å²) in [5.41, 5.74) is -0.00613. The van der Waals surface area contributed by atoms with E-state index in [4.69, 9.17) is 4.74 Å². The molecule has 21 heavy (non-hydrogen) atoms. The third-order valence-corrected chi connectivity index (χ3v) is 6.68. The first kappa shape index (κ1) is 17.2. The molecular formula is C16H31NO3S. The quantitative estimate of drug-likeness (QED) is 0.733. The van der Waals surface area contributed by atoms with Gasteiger partial charge in [-0.05, 0) is 70.9 Å². The standard InChI is InChI=1S/C16H31NO3S/c1-4-8-17-11-14(13-6-9-21(18,19)12-13)10-15-5-7-16(2,3)20-15/h13-15,17H,4-12H2,1-3H3. The molecule has 0 radical (unpaired) electrons. The second-order valence-electron chi connectivity index (χ2n) is 7.40. The van der Waals surface area contributed by atoms with Gasteiger partial charge in [0.05, 0.1) is 23.2 Å². The molecule has 0 saturated carbocycles. The van der Waals surface area contributed by atoms with Crippen molar-refractivity contribution in [2.24, 2.45) is 11.8 Å². The molecule has 2 heterocycles. The molecule has 0 spiro atoms. The highest BCUT2D eigenvalue weighted by atomic mass is 32.2. The van der Waals surface area contributed by atoms with E-state index < -0.39 is 9.84 Å². The summed E-state index contributed by atoms with van der Waals surface area (Å²) in [7, 11) is -2.80. The highest BCUT2D eigenvalue weighted by Crippen LogP contribution is 2.36. The summed E-state index contributed by atoms with van der Waals surface area (Å²) >= 11 is 0. The normalized spacial score (nSPS) is 32.3. The van der Waals surface area contributed by atoms with Gasteiger partial charge in [-0.25, -0.2) is 8.42 Å². The molecule has 2 rings (SSSR count). The number of hydrogen-bond acceptors (Lipinski definition) is 4. The zero-order chi connectivity index (χ0) is 15.5. The van der Waals surface area contributed by atoms with E-state index in [-0.39, 0.29) is 5.60 Å². The first-order valence-corrected chi connectivity index (χ1v) is 10.2. The Morgan fingerprint density at radius 1 is 1.33 bits per heavy atom. The maximum absolute atomic E-state index is 11.8. The van der Waals surface area contributed by atoms with Crippen LogP contribution in [0.4, 0.5) is 0 Å². The average molecular weight is 317 g/mol. The van der Waals surface area contributed by atoms with Crippen LogP contribution in [0.3, 0.4) is 0 Å². The Balaban J connectivity index is 1.92. The molecule has 0 aromatic carbocycles. The molecule has 2 saturated heterocycles. The van der Waals surface area contributed by atoms with Gasteiger partial charge in [0.15, 0.2) is 9.84 Å². The van der Waals surface area contributed by atoms with Crippen molar-refractivity contribution in [1.29, 1.82) is 0 Å². The van der Waals surface area contributed by atoms with Gasteiger partial charge >= 0.3 is 0 Å². The Bertz CT molecular complexity index is 433. The lowest BCUT2D eigenvalue weighted by atomic mass is 9.86. The summed E-state index contributed by atoms with van der Waals surface area (Å²) < 4.78 is 29.6. The van der Waals surface area contributed by atoms with Crippen LogP contribution in [0.1, 0.15) is 52.9 Å². The van der Waals surface area contributed by atoms with E-state index >= 15 is 0 Å². The molecular weight excluding hydrogens is 286 g/mol. The lowest BCUT2D eigenvalue weighted by Gasteiger charge is -2.27. The van der Waals surface area contributed by atoms with Crippen molar-refractivity contribution < 1.29 is 13.2 Å². The number of rotatable bonds is 7. The summed E-state index contributed by atoms with van der Waals surface area (Å²) in [6.45, 7) is 8.39. The molecule has 4 nitrogen and oxygen atoms in total.